The molecule has 25 heavy (non-hydrogen) atoms. The standard InChI is InChI=1S/C21H21N3O/c25-21(18-11-12-18)22-13-19-15-24(14-16-7-3-1-4-8-16)23-20(19)17-9-5-2-6-10-17/h1-10,15,18H,11-14H2,(H,22,25). The molecule has 4 nitrogen and oxygen atoms in total. The number of rotatable bonds is 6. The molecule has 1 aliphatic rings. The fourth-order valence-corrected chi connectivity index (χ4v) is 2.95. The molecule has 1 saturated carbocycles. The van der Waals surface area contributed by atoms with Gasteiger partial charge in [-0.15, -0.1) is 0 Å². The van der Waals surface area contributed by atoms with E-state index in [4.69, 9.17) is 5.10 Å². The van der Waals surface area contributed by atoms with Gasteiger partial charge in [-0.2, -0.15) is 5.10 Å². The first-order chi connectivity index (χ1) is 12.3. The first-order valence-electron chi connectivity index (χ1n) is 8.73. The van der Waals surface area contributed by atoms with Gasteiger partial charge in [0.2, 0.25) is 5.91 Å². The van der Waals surface area contributed by atoms with Crippen molar-refractivity contribution in [3.8, 4) is 11.3 Å². The highest BCUT2D eigenvalue weighted by Gasteiger charge is 2.29. The quantitative estimate of drug-likeness (QED) is 0.750. The van der Waals surface area contributed by atoms with Crippen molar-refractivity contribution in [2.45, 2.75) is 25.9 Å². The first kappa shape index (κ1) is 15.6. The predicted octanol–water partition coefficient (Wildman–Crippen LogP) is 3.62. The third kappa shape index (κ3) is 3.79. The Hall–Kier alpha value is -2.88. The maximum Gasteiger partial charge on any atom is 0.223 e. The van der Waals surface area contributed by atoms with Crippen LogP contribution in [0.15, 0.2) is 66.9 Å². The Bertz CT molecular complexity index is 851. The number of amides is 1. The van der Waals surface area contributed by atoms with Gasteiger partial charge in [0.05, 0.1) is 12.2 Å². The number of nitrogens with one attached hydrogen (secondary N) is 1. The molecule has 0 aliphatic heterocycles. The summed E-state index contributed by atoms with van der Waals surface area (Å²) in [7, 11) is 0. The molecule has 1 fully saturated rings. The third-order valence-electron chi connectivity index (χ3n) is 4.47. The summed E-state index contributed by atoms with van der Waals surface area (Å²) in [4.78, 5) is 12.0. The number of hydrogen-bond donors (Lipinski definition) is 1. The van der Waals surface area contributed by atoms with Gasteiger partial charge in [0.15, 0.2) is 0 Å². The minimum absolute atomic E-state index is 0.162. The fraction of sp³-hybridized carbons (Fsp3) is 0.238. The summed E-state index contributed by atoms with van der Waals surface area (Å²) in [6.07, 6.45) is 4.08. The normalized spacial score (nSPS) is 13.6. The molecular formula is C21H21N3O. The molecule has 0 unspecified atom stereocenters. The van der Waals surface area contributed by atoms with Gasteiger partial charge < -0.3 is 5.32 Å². The van der Waals surface area contributed by atoms with Gasteiger partial charge in [0, 0.05) is 29.8 Å². The van der Waals surface area contributed by atoms with Crippen molar-refractivity contribution in [2.75, 3.05) is 0 Å². The first-order valence-corrected chi connectivity index (χ1v) is 8.73. The van der Waals surface area contributed by atoms with Crippen molar-refractivity contribution in [3.63, 3.8) is 0 Å². The Morgan fingerprint density at radius 2 is 1.72 bits per heavy atom. The lowest BCUT2D eigenvalue weighted by Gasteiger charge is -2.04. The van der Waals surface area contributed by atoms with Crippen molar-refractivity contribution in [1.29, 1.82) is 0 Å². The van der Waals surface area contributed by atoms with E-state index in [1.165, 1.54) is 5.56 Å². The zero-order valence-electron chi connectivity index (χ0n) is 14.1. The molecule has 1 aromatic heterocycles. The van der Waals surface area contributed by atoms with E-state index in [1.807, 2.05) is 47.3 Å². The largest absolute Gasteiger partial charge is 0.352 e. The molecule has 0 spiro atoms. The topological polar surface area (TPSA) is 46.9 Å². The van der Waals surface area contributed by atoms with Crippen LogP contribution in [-0.4, -0.2) is 15.7 Å². The number of aromatic nitrogens is 2. The molecule has 1 N–H and O–H groups in total. The summed E-state index contributed by atoms with van der Waals surface area (Å²) in [5.74, 6) is 0.384. The molecule has 0 saturated heterocycles. The van der Waals surface area contributed by atoms with Crippen LogP contribution in [0.3, 0.4) is 0 Å². The van der Waals surface area contributed by atoms with Gasteiger partial charge in [-0.05, 0) is 18.4 Å². The highest BCUT2D eigenvalue weighted by molar-refractivity contribution is 5.81. The van der Waals surface area contributed by atoms with E-state index in [9.17, 15) is 4.79 Å². The summed E-state index contributed by atoms with van der Waals surface area (Å²) in [6, 6.07) is 20.4. The van der Waals surface area contributed by atoms with Crippen LogP contribution in [0.2, 0.25) is 0 Å². The average Bonchev–Trinajstić information content (AvgIpc) is 3.43. The van der Waals surface area contributed by atoms with Gasteiger partial charge in [0.1, 0.15) is 0 Å². The number of carbonyl (C=O) groups is 1. The molecule has 2 aromatic carbocycles. The number of carbonyl (C=O) groups excluding carboxylic acids is 1. The van der Waals surface area contributed by atoms with E-state index in [0.717, 1.165) is 36.2 Å². The molecule has 1 amide bonds. The lowest BCUT2D eigenvalue weighted by Crippen LogP contribution is -2.24. The molecule has 1 heterocycles. The smallest absolute Gasteiger partial charge is 0.223 e. The van der Waals surface area contributed by atoms with Crippen molar-refractivity contribution >= 4 is 5.91 Å². The van der Waals surface area contributed by atoms with Crippen molar-refractivity contribution in [2.24, 2.45) is 5.92 Å². The molecular weight excluding hydrogens is 310 g/mol. The minimum Gasteiger partial charge on any atom is -0.352 e. The molecule has 0 radical (unpaired) electrons. The monoisotopic (exact) mass is 331 g/mol. The number of hydrogen-bond acceptors (Lipinski definition) is 2. The Morgan fingerprint density at radius 3 is 2.40 bits per heavy atom. The van der Waals surface area contributed by atoms with E-state index in [0.29, 0.717) is 6.54 Å². The number of benzene rings is 2. The van der Waals surface area contributed by atoms with E-state index >= 15 is 0 Å². The SMILES string of the molecule is O=C(NCc1cn(Cc2ccccc2)nc1-c1ccccc1)C1CC1. The summed E-state index contributed by atoms with van der Waals surface area (Å²) >= 11 is 0. The molecule has 4 rings (SSSR count). The van der Waals surface area contributed by atoms with Crippen LogP contribution in [0.25, 0.3) is 11.3 Å². The van der Waals surface area contributed by atoms with E-state index in [-0.39, 0.29) is 11.8 Å². The van der Waals surface area contributed by atoms with Crippen LogP contribution < -0.4 is 5.32 Å². The fourth-order valence-electron chi connectivity index (χ4n) is 2.95. The van der Waals surface area contributed by atoms with Crippen LogP contribution in [0.5, 0.6) is 0 Å². The summed E-state index contributed by atoms with van der Waals surface area (Å²) < 4.78 is 1.95. The zero-order valence-corrected chi connectivity index (χ0v) is 14.1. The highest BCUT2D eigenvalue weighted by Crippen LogP contribution is 2.29. The lowest BCUT2D eigenvalue weighted by molar-refractivity contribution is -0.122. The molecule has 126 valence electrons. The Balaban J connectivity index is 1.59. The second-order valence-electron chi connectivity index (χ2n) is 6.54. The second-order valence-corrected chi connectivity index (χ2v) is 6.54. The molecule has 1 aliphatic carbocycles. The van der Waals surface area contributed by atoms with Crippen molar-refractivity contribution in [3.05, 3.63) is 78.0 Å². The van der Waals surface area contributed by atoms with E-state index < -0.39 is 0 Å². The van der Waals surface area contributed by atoms with Crippen LogP contribution in [0.4, 0.5) is 0 Å². The van der Waals surface area contributed by atoms with Crippen LogP contribution in [-0.2, 0) is 17.9 Å². The molecule has 0 bridgehead atoms. The highest BCUT2D eigenvalue weighted by atomic mass is 16.2. The van der Waals surface area contributed by atoms with E-state index in [1.54, 1.807) is 0 Å². The van der Waals surface area contributed by atoms with Gasteiger partial charge in [-0.1, -0.05) is 60.7 Å². The Kier molecular flexibility index (Phi) is 4.34. The van der Waals surface area contributed by atoms with Gasteiger partial charge >= 0.3 is 0 Å². The van der Waals surface area contributed by atoms with Crippen molar-refractivity contribution in [1.82, 2.24) is 15.1 Å². The minimum atomic E-state index is 0.162. The van der Waals surface area contributed by atoms with Crippen LogP contribution in [0, 0.1) is 5.92 Å². The summed E-state index contributed by atoms with van der Waals surface area (Å²) in [5.41, 5.74) is 4.27. The van der Waals surface area contributed by atoms with E-state index in [2.05, 4.69) is 29.6 Å². The maximum absolute atomic E-state index is 12.0. The zero-order chi connectivity index (χ0) is 17.1. The lowest BCUT2D eigenvalue weighted by atomic mass is 10.1. The van der Waals surface area contributed by atoms with Gasteiger partial charge in [-0.3, -0.25) is 9.48 Å². The van der Waals surface area contributed by atoms with Gasteiger partial charge in [0.25, 0.3) is 0 Å². The summed E-state index contributed by atoms with van der Waals surface area (Å²) in [6.45, 7) is 1.24. The van der Waals surface area contributed by atoms with Crippen LogP contribution in [0.1, 0.15) is 24.0 Å². The summed E-state index contributed by atoms with van der Waals surface area (Å²) in [5, 5.41) is 7.84. The molecule has 3 aromatic rings. The predicted molar refractivity (Wildman–Crippen MR) is 97.8 cm³/mol. The third-order valence-corrected chi connectivity index (χ3v) is 4.47. The Labute approximate surface area is 147 Å². The average molecular weight is 331 g/mol. The van der Waals surface area contributed by atoms with Crippen molar-refractivity contribution < 1.29 is 4.79 Å². The molecule has 0 atom stereocenters. The molecule has 4 heteroatoms. The second kappa shape index (κ2) is 6.93. The van der Waals surface area contributed by atoms with Gasteiger partial charge in [-0.25, -0.2) is 0 Å². The van der Waals surface area contributed by atoms with Crippen LogP contribution >= 0.6 is 0 Å². The Morgan fingerprint density at radius 1 is 1.04 bits per heavy atom. The maximum atomic E-state index is 12.0. The number of nitrogens with zero attached hydrogens (tertiary/aromatic N) is 2.